The van der Waals surface area contributed by atoms with Gasteiger partial charge in [0.15, 0.2) is 12.5 Å². The van der Waals surface area contributed by atoms with E-state index in [2.05, 4.69) is 44.1 Å². The van der Waals surface area contributed by atoms with E-state index in [0.717, 1.165) is 16.7 Å². The molecule has 0 aliphatic carbocycles. The van der Waals surface area contributed by atoms with E-state index in [9.17, 15) is 10.1 Å². The van der Waals surface area contributed by atoms with Crippen molar-refractivity contribution in [2.24, 2.45) is 0 Å². The lowest BCUT2D eigenvalue weighted by Crippen LogP contribution is -2.12. The van der Waals surface area contributed by atoms with E-state index >= 15 is 0 Å². The predicted molar refractivity (Wildman–Crippen MR) is 108 cm³/mol. The minimum atomic E-state index is -0.448. The second-order valence-electron chi connectivity index (χ2n) is 6.86. The molecule has 9 heteroatoms. The maximum atomic E-state index is 11.2. The second-order valence-corrected chi connectivity index (χ2v) is 6.86. The van der Waals surface area contributed by atoms with Crippen LogP contribution in [0.5, 0.6) is 0 Å². The molecule has 144 valence electrons. The van der Waals surface area contributed by atoms with Gasteiger partial charge >= 0.3 is 5.82 Å². The fourth-order valence-corrected chi connectivity index (χ4v) is 3.74. The lowest BCUT2D eigenvalue weighted by molar-refractivity contribution is -0.392. The van der Waals surface area contributed by atoms with E-state index in [1.54, 1.807) is 11.6 Å². The topological polar surface area (TPSA) is 96.6 Å². The number of aromatic nitrogens is 6. The van der Waals surface area contributed by atoms with Crippen molar-refractivity contribution in [3.63, 3.8) is 0 Å². The Balaban J connectivity index is 1.50. The van der Waals surface area contributed by atoms with Gasteiger partial charge in [-0.1, -0.05) is 41.6 Å². The molecule has 2 aromatic carbocycles. The third-order valence-electron chi connectivity index (χ3n) is 5.09. The molecule has 5 rings (SSSR count). The van der Waals surface area contributed by atoms with Gasteiger partial charge in [-0.25, -0.2) is 9.67 Å². The molecule has 3 aromatic heterocycles. The van der Waals surface area contributed by atoms with Crippen LogP contribution in [0.4, 0.5) is 5.82 Å². The van der Waals surface area contributed by atoms with Crippen molar-refractivity contribution in [3.05, 3.63) is 82.6 Å². The van der Waals surface area contributed by atoms with Gasteiger partial charge in [0.1, 0.15) is 11.9 Å². The number of nitrogens with zero attached hydrogens (tertiary/aromatic N) is 7. The first-order valence-corrected chi connectivity index (χ1v) is 9.13. The Labute approximate surface area is 165 Å². The molecule has 3 heterocycles. The van der Waals surface area contributed by atoms with Crippen molar-refractivity contribution in [1.82, 2.24) is 29.1 Å². The highest BCUT2D eigenvalue weighted by molar-refractivity contribution is 6.07. The fraction of sp³-hybridized carbons (Fsp3) is 0.150. The molecule has 0 fully saturated rings. The van der Waals surface area contributed by atoms with Crippen LogP contribution in [0.15, 0.2) is 60.9 Å². The molecular weight excluding hydrogens is 370 g/mol. The highest BCUT2D eigenvalue weighted by Crippen LogP contribution is 2.29. The summed E-state index contributed by atoms with van der Waals surface area (Å²) in [6, 6.07) is 16.5. The molecule has 0 atom stereocenters. The molecule has 0 saturated carbocycles. The monoisotopic (exact) mass is 387 g/mol. The molecule has 0 radical (unpaired) electrons. The van der Waals surface area contributed by atoms with Crippen LogP contribution in [0.2, 0.25) is 0 Å². The number of benzene rings is 2. The van der Waals surface area contributed by atoms with Gasteiger partial charge in [-0.15, -0.1) is 5.10 Å². The van der Waals surface area contributed by atoms with E-state index in [1.165, 1.54) is 21.5 Å². The summed E-state index contributed by atoms with van der Waals surface area (Å²) >= 11 is 0. The lowest BCUT2D eigenvalue weighted by atomic mass is 10.2. The summed E-state index contributed by atoms with van der Waals surface area (Å²) in [5, 5.41) is 22.0. The predicted octanol–water partition coefficient (Wildman–Crippen LogP) is 3.35. The van der Waals surface area contributed by atoms with E-state index in [4.69, 9.17) is 0 Å². The highest BCUT2D eigenvalue weighted by Gasteiger charge is 2.18. The second kappa shape index (κ2) is 6.55. The zero-order chi connectivity index (χ0) is 20.0. The van der Waals surface area contributed by atoms with Crippen molar-refractivity contribution in [2.45, 2.75) is 20.1 Å². The van der Waals surface area contributed by atoms with Crippen molar-refractivity contribution in [3.8, 4) is 0 Å². The number of fused-ring (bicyclic) bond motifs is 3. The van der Waals surface area contributed by atoms with Crippen molar-refractivity contribution in [1.29, 1.82) is 0 Å². The van der Waals surface area contributed by atoms with E-state index in [0.29, 0.717) is 12.4 Å². The van der Waals surface area contributed by atoms with E-state index in [1.807, 2.05) is 30.5 Å². The molecule has 0 amide bonds. The third-order valence-corrected chi connectivity index (χ3v) is 5.09. The van der Waals surface area contributed by atoms with Gasteiger partial charge < -0.3 is 14.7 Å². The Bertz CT molecular complexity index is 1310. The van der Waals surface area contributed by atoms with Crippen molar-refractivity contribution in [2.75, 3.05) is 0 Å². The number of imidazole rings is 1. The standard InChI is InChI=1S/C20H17N7O2/c1-14-21-10-20(27(28)29)26(14)13-24-11-15(22-23-24)12-25-18-8-4-2-6-16(18)17-7-3-5-9-19(17)25/h2-11H,12-13H2,1H3. The number of aryl methyl sites for hydroxylation is 1. The Morgan fingerprint density at radius 2 is 1.66 bits per heavy atom. The normalized spacial score (nSPS) is 11.5. The van der Waals surface area contributed by atoms with Gasteiger partial charge in [-0.2, -0.15) is 4.57 Å². The summed E-state index contributed by atoms with van der Waals surface area (Å²) in [6.07, 6.45) is 3.07. The molecule has 0 unspecified atom stereocenters. The zero-order valence-electron chi connectivity index (χ0n) is 15.6. The Morgan fingerprint density at radius 1 is 1.00 bits per heavy atom. The van der Waals surface area contributed by atoms with Crippen LogP contribution in [0, 0.1) is 17.0 Å². The summed E-state index contributed by atoms with van der Waals surface area (Å²) in [7, 11) is 0. The first kappa shape index (κ1) is 17.1. The number of hydrogen-bond acceptors (Lipinski definition) is 5. The quantitative estimate of drug-likeness (QED) is 0.340. The van der Waals surface area contributed by atoms with Crippen molar-refractivity contribution < 1.29 is 4.92 Å². The van der Waals surface area contributed by atoms with E-state index in [-0.39, 0.29) is 12.5 Å². The van der Waals surface area contributed by atoms with Gasteiger partial charge in [0, 0.05) is 28.7 Å². The average molecular weight is 387 g/mol. The van der Waals surface area contributed by atoms with Crippen LogP contribution >= 0.6 is 0 Å². The molecule has 29 heavy (non-hydrogen) atoms. The summed E-state index contributed by atoms with van der Waals surface area (Å²) in [5.74, 6) is 0.484. The minimum absolute atomic E-state index is 0.0676. The summed E-state index contributed by atoms with van der Waals surface area (Å²) < 4.78 is 5.30. The van der Waals surface area contributed by atoms with Gasteiger partial charge in [-0.3, -0.25) is 0 Å². The Morgan fingerprint density at radius 3 is 2.31 bits per heavy atom. The number of hydrogen-bond donors (Lipinski definition) is 0. The van der Waals surface area contributed by atoms with Gasteiger partial charge in [0.2, 0.25) is 0 Å². The molecular formula is C20H17N7O2. The van der Waals surface area contributed by atoms with Gasteiger partial charge in [0.05, 0.1) is 12.7 Å². The van der Waals surface area contributed by atoms with Crippen LogP contribution < -0.4 is 0 Å². The number of rotatable bonds is 5. The molecule has 0 aliphatic rings. The van der Waals surface area contributed by atoms with Crippen LogP contribution in [-0.2, 0) is 13.2 Å². The summed E-state index contributed by atoms with van der Waals surface area (Å²) in [4.78, 5) is 14.8. The lowest BCUT2D eigenvalue weighted by Gasteiger charge is -2.04. The molecule has 9 nitrogen and oxygen atoms in total. The zero-order valence-corrected chi connectivity index (χ0v) is 15.6. The third kappa shape index (κ3) is 2.83. The van der Waals surface area contributed by atoms with Crippen LogP contribution in [0.3, 0.4) is 0 Å². The SMILES string of the molecule is Cc1ncc([N+](=O)[O-])n1Cn1cc(Cn2c3ccccc3c3ccccc32)nn1. The Hall–Kier alpha value is -4.01. The van der Waals surface area contributed by atoms with Crippen LogP contribution in [0.1, 0.15) is 11.5 Å². The van der Waals surface area contributed by atoms with E-state index < -0.39 is 4.92 Å². The summed E-state index contributed by atoms with van der Waals surface area (Å²) in [5.41, 5.74) is 3.03. The largest absolute Gasteiger partial charge is 0.358 e. The van der Waals surface area contributed by atoms with Gasteiger partial charge in [0.25, 0.3) is 0 Å². The molecule has 0 bridgehead atoms. The minimum Gasteiger partial charge on any atom is -0.358 e. The highest BCUT2D eigenvalue weighted by atomic mass is 16.6. The van der Waals surface area contributed by atoms with Crippen LogP contribution in [0.25, 0.3) is 21.8 Å². The Kier molecular flexibility index (Phi) is 3.87. The molecule has 0 spiro atoms. The molecule has 5 aromatic rings. The summed E-state index contributed by atoms with van der Waals surface area (Å²) in [6.45, 7) is 2.46. The maximum absolute atomic E-state index is 11.2. The smallest absolute Gasteiger partial charge is 0.344 e. The van der Waals surface area contributed by atoms with Gasteiger partial charge in [-0.05, 0) is 17.1 Å². The average Bonchev–Trinajstić information content (AvgIpc) is 3.41. The molecule has 0 N–H and O–H groups in total. The van der Waals surface area contributed by atoms with Crippen molar-refractivity contribution >= 4 is 27.6 Å². The number of para-hydroxylation sites is 2. The molecule has 0 aliphatic heterocycles. The molecule has 0 saturated heterocycles. The maximum Gasteiger partial charge on any atom is 0.344 e. The fourth-order valence-electron chi connectivity index (χ4n) is 3.74. The van der Waals surface area contributed by atoms with Crippen LogP contribution in [-0.4, -0.2) is 34.0 Å². The number of nitro groups is 1. The first-order chi connectivity index (χ1) is 14.1. The first-order valence-electron chi connectivity index (χ1n) is 9.13.